The average molecular weight is 366 g/mol. The van der Waals surface area contributed by atoms with Gasteiger partial charge in [0.25, 0.3) is 11.5 Å². The Kier molecular flexibility index (Phi) is 4.23. The summed E-state index contributed by atoms with van der Waals surface area (Å²) in [4.78, 5) is 41.5. The molecule has 1 aliphatic heterocycles. The zero-order valence-corrected chi connectivity index (χ0v) is 14.7. The molecule has 0 saturated heterocycles. The highest BCUT2D eigenvalue weighted by Gasteiger charge is 2.19. The van der Waals surface area contributed by atoms with Gasteiger partial charge in [0.2, 0.25) is 5.91 Å². The number of hydrogen-bond acceptors (Lipinski definition) is 5. The van der Waals surface area contributed by atoms with E-state index in [1.165, 1.54) is 18.6 Å². The summed E-state index contributed by atoms with van der Waals surface area (Å²) in [6, 6.07) is 5.80. The predicted molar refractivity (Wildman–Crippen MR) is 98.6 cm³/mol. The second kappa shape index (κ2) is 6.71. The third-order valence-electron chi connectivity index (χ3n) is 4.61. The highest BCUT2D eigenvalue weighted by molar-refractivity contribution is 6.01. The molecule has 27 heavy (non-hydrogen) atoms. The molecule has 8 heteroatoms. The summed E-state index contributed by atoms with van der Waals surface area (Å²) in [7, 11) is 0. The number of hydrogen-bond donors (Lipinski definition) is 2. The lowest BCUT2D eigenvalue weighted by atomic mass is 10.2. The Hall–Kier alpha value is -3.42. The van der Waals surface area contributed by atoms with Gasteiger partial charge in [0.15, 0.2) is 0 Å². The van der Waals surface area contributed by atoms with Gasteiger partial charge in [-0.1, -0.05) is 0 Å². The quantitative estimate of drug-likeness (QED) is 0.731. The normalized spacial score (nSPS) is 14.0. The Balaban J connectivity index is 1.52. The van der Waals surface area contributed by atoms with Crippen molar-refractivity contribution in [2.75, 3.05) is 5.32 Å². The summed E-state index contributed by atoms with van der Waals surface area (Å²) in [5.41, 5.74) is 1.35. The van der Waals surface area contributed by atoms with Crippen LogP contribution in [0.4, 0.5) is 5.69 Å². The molecular weight excluding hydrogens is 348 g/mol. The SMILES string of the molecule is C[C@@H](NC(=O)c1ccoc1)C(=O)Nc1ccc2nc3n(c(=O)c2c1)CCC3. The predicted octanol–water partition coefficient (Wildman–Crippen LogP) is 1.69. The van der Waals surface area contributed by atoms with Crippen LogP contribution >= 0.6 is 0 Å². The van der Waals surface area contributed by atoms with Crippen molar-refractivity contribution in [3.8, 4) is 0 Å². The zero-order valence-electron chi connectivity index (χ0n) is 14.7. The van der Waals surface area contributed by atoms with E-state index in [-0.39, 0.29) is 11.5 Å². The minimum atomic E-state index is -0.762. The molecule has 1 aromatic carbocycles. The van der Waals surface area contributed by atoms with Gasteiger partial charge in [-0.3, -0.25) is 19.0 Å². The molecule has 2 amide bonds. The monoisotopic (exact) mass is 366 g/mol. The average Bonchev–Trinajstić information content (AvgIpc) is 3.34. The molecule has 2 aromatic heterocycles. The number of carbonyl (C=O) groups excluding carboxylic acids is 2. The molecule has 0 aliphatic carbocycles. The largest absolute Gasteiger partial charge is 0.472 e. The van der Waals surface area contributed by atoms with Crippen LogP contribution in [0.2, 0.25) is 0 Å². The van der Waals surface area contributed by atoms with Gasteiger partial charge >= 0.3 is 0 Å². The van der Waals surface area contributed by atoms with Crippen LogP contribution < -0.4 is 16.2 Å². The Morgan fingerprint density at radius 3 is 2.93 bits per heavy atom. The standard InChI is InChI=1S/C19H18N4O4/c1-11(20-18(25)12-6-8-27-10-12)17(24)21-13-4-5-15-14(9-13)19(26)23-7-2-3-16(23)22-15/h4-6,8-11H,2-3,7H2,1H3,(H,20,25)(H,21,24)/t11-/m1/s1. The molecule has 3 heterocycles. The zero-order chi connectivity index (χ0) is 19.0. The number of benzene rings is 1. The second-order valence-corrected chi connectivity index (χ2v) is 6.52. The molecule has 1 aliphatic rings. The summed E-state index contributed by atoms with van der Waals surface area (Å²) in [5, 5.41) is 5.79. The van der Waals surface area contributed by atoms with Gasteiger partial charge < -0.3 is 15.1 Å². The lowest BCUT2D eigenvalue weighted by Gasteiger charge is -2.14. The van der Waals surface area contributed by atoms with E-state index < -0.39 is 11.9 Å². The van der Waals surface area contributed by atoms with E-state index in [1.807, 2.05) is 0 Å². The van der Waals surface area contributed by atoms with Crippen molar-refractivity contribution in [2.24, 2.45) is 0 Å². The summed E-state index contributed by atoms with van der Waals surface area (Å²) in [6.07, 6.45) is 4.41. The Labute approximate surface area is 154 Å². The maximum Gasteiger partial charge on any atom is 0.261 e. The number of aromatic nitrogens is 2. The van der Waals surface area contributed by atoms with Crippen molar-refractivity contribution in [3.05, 3.63) is 58.5 Å². The number of nitrogens with zero attached hydrogens (tertiary/aromatic N) is 2. The number of carbonyl (C=O) groups is 2. The molecule has 1 atom stereocenters. The molecule has 8 nitrogen and oxygen atoms in total. The van der Waals surface area contributed by atoms with Gasteiger partial charge in [0, 0.05) is 18.7 Å². The van der Waals surface area contributed by atoms with Crippen molar-refractivity contribution >= 4 is 28.4 Å². The van der Waals surface area contributed by atoms with Crippen molar-refractivity contribution < 1.29 is 14.0 Å². The molecule has 138 valence electrons. The first-order valence-corrected chi connectivity index (χ1v) is 8.70. The van der Waals surface area contributed by atoms with Crippen LogP contribution in [-0.4, -0.2) is 27.4 Å². The molecule has 0 unspecified atom stereocenters. The van der Waals surface area contributed by atoms with Crippen molar-refractivity contribution in [1.29, 1.82) is 0 Å². The minimum Gasteiger partial charge on any atom is -0.472 e. The van der Waals surface area contributed by atoms with Gasteiger partial charge in [-0.05, 0) is 37.6 Å². The highest BCUT2D eigenvalue weighted by atomic mass is 16.3. The second-order valence-electron chi connectivity index (χ2n) is 6.52. The topological polar surface area (TPSA) is 106 Å². The van der Waals surface area contributed by atoms with Crippen LogP contribution in [0.5, 0.6) is 0 Å². The van der Waals surface area contributed by atoms with E-state index in [1.54, 1.807) is 29.7 Å². The fraction of sp³-hybridized carbons (Fsp3) is 0.263. The van der Waals surface area contributed by atoms with E-state index in [0.29, 0.717) is 28.7 Å². The highest BCUT2D eigenvalue weighted by Crippen LogP contribution is 2.18. The molecule has 4 rings (SSSR count). The summed E-state index contributed by atoms with van der Waals surface area (Å²) in [6.45, 7) is 2.25. The van der Waals surface area contributed by atoms with Crippen LogP contribution in [0.15, 0.2) is 46.0 Å². The minimum absolute atomic E-state index is 0.0927. The van der Waals surface area contributed by atoms with Gasteiger partial charge in [0.1, 0.15) is 18.1 Å². The number of furan rings is 1. The molecule has 0 radical (unpaired) electrons. The van der Waals surface area contributed by atoms with E-state index in [2.05, 4.69) is 15.6 Å². The summed E-state index contributed by atoms with van der Waals surface area (Å²) in [5.74, 6) is 0.0169. The van der Waals surface area contributed by atoms with Gasteiger partial charge in [-0.15, -0.1) is 0 Å². The molecule has 0 bridgehead atoms. The Morgan fingerprint density at radius 2 is 2.15 bits per heavy atom. The number of amides is 2. The lowest BCUT2D eigenvalue weighted by molar-refractivity contribution is -0.117. The van der Waals surface area contributed by atoms with Crippen LogP contribution in [0.1, 0.15) is 29.5 Å². The fourth-order valence-electron chi connectivity index (χ4n) is 3.15. The Bertz CT molecular complexity index is 1090. The van der Waals surface area contributed by atoms with E-state index in [4.69, 9.17) is 4.42 Å². The molecule has 2 N–H and O–H groups in total. The van der Waals surface area contributed by atoms with Crippen LogP contribution in [0, 0.1) is 0 Å². The molecule has 0 saturated carbocycles. The van der Waals surface area contributed by atoms with Crippen molar-refractivity contribution in [1.82, 2.24) is 14.9 Å². The van der Waals surface area contributed by atoms with Crippen LogP contribution in [0.3, 0.4) is 0 Å². The van der Waals surface area contributed by atoms with E-state index in [0.717, 1.165) is 18.7 Å². The maximum atomic E-state index is 12.6. The molecular formula is C19H18N4O4. The number of rotatable bonds is 4. The van der Waals surface area contributed by atoms with Gasteiger partial charge in [-0.2, -0.15) is 0 Å². The molecule has 3 aromatic rings. The first-order chi connectivity index (χ1) is 13.0. The lowest BCUT2D eigenvalue weighted by Crippen LogP contribution is -2.41. The fourth-order valence-corrected chi connectivity index (χ4v) is 3.15. The maximum absolute atomic E-state index is 12.6. The van der Waals surface area contributed by atoms with Crippen LogP contribution in [-0.2, 0) is 17.8 Å². The number of nitrogens with one attached hydrogen (secondary N) is 2. The van der Waals surface area contributed by atoms with Gasteiger partial charge in [-0.25, -0.2) is 4.98 Å². The summed E-state index contributed by atoms with van der Waals surface area (Å²) < 4.78 is 6.54. The molecule has 0 fully saturated rings. The summed E-state index contributed by atoms with van der Waals surface area (Å²) >= 11 is 0. The van der Waals surface area contributed by atoms with Crippen LogP contribution in [0.25, 0.3) is 10.9 Å². The first-order valence-electron chi connectivity index (χ1n) is 8.70. The smallest absolute Gasteiger partial charge is 0.261 e. The van der Waals surface area contributed by atoms with Crippen molar-refractivity contribution in [3.63, 3.8) is 0 Å². The Morgan fingerprint density at radius 1 is 1.30 bits per heavy atom. The third kappa shape index (κ3) is 3.21. The van der Waals surface area contributed by atoms with Gasteiger partial charge in [0.05, 0.1) is 22.7 Å². The van der Waals surface area contributed by atoms with E-state index in [9.17, 15) is 14.4 Å². The number of fused-ring (bicyclic) bond motifs is 2. The number of anilines is 1. The third-order valence-corrected chi connectivity index (χ3v) is 4.61. The first kappa shape index (κ1) is 17.0. The number of aryl methyl sites for hydroxylation is 1. The van der Waals surface area contributed by atoms with Crippen molar-refractivity contribution in [2.45, 2.75) is 32.4 Å². The van der Waals surface area contributed by atoms with E-state index >= 15 is 0 Å². The molecule has 0 spiro atoms.